The summed E-state index contributed by atoms with van der Waals surface area (Å²) in [5, 5.41) is 0. The minimum Gasteiger partial charge on any atom is -0.342 e. The summed E-state index contributed by atoms with van der Waals surface area (Å²) in [4.78, 5) is 0. The van der Waals surface area contributed by atoms with Gasteiger partial charge in [-0.2, -0.15) is 13.2 Å². The highest BCUT2D eigenvalue weighted by Crippen LogP contribution is 2.34. The van der Waals surface area contributed by atoms with Crippen LogP contribution in [0.5, 0.6) is 0 Å². The Bertz CT molecular complexity index is 389. The van der Waals surface area contributed by atoms with Crippen LogP contribution in [-0.4, -0.2) is 10.7 Å². The van der Waals surface area contributed by atoms with E-state index in [0.29, 0.717) is 0 Å². The fraction of sp³-hybridized carbons (Fsp3) is 0.500. The van der Waals surface area contributed by atoms with E-state index in [2.05, 4.69) is 6.58 Å². The van der Waals surface area contributed by atoms with Crippen LogP contribution in [0, 0.1) is 0 Å². The molecule has 0 amide bonds. The maximum absolute atomic E-state index is 12.3. The monoisotopic (exact) mass is 229 g/mol. The van der Waals surface area contributed by atoms with Gasteiger partial charge >= 0.3 is 6.18 Å². The summed E-state index contributed by atoms with van der Waals surface area (Å²) in [7, 11) is 0. The highest BCUT2D eigenvalue weighted by molar-refractivity contribution is 5.32. The Hall–Kier alpha value is -1.19. The zero-order chi connectivity index (χ0) is 11.8. The number of aromatic nitrogens is 1. The molecular weight excluding hydrogens is 215 g/mol. The van der Waals surface area contributed by atoms with Gasteiger partial charge in [-0.1, -0.05) is 6.08 Å². The van der Waals surface area contributed by atoms with Gasteiger partial charge in [0.2, 0.25) is 0 Å². The van der Waals surface area contributed by atoms with Crippen LogP contribution in [0.1, 0.15) is 30.0 Å². The number of hydrogen-bond acceptors (Lipinski definition) is 0. The summed E-state index contributed by atoms with van der Waals surface area (Å²) >= 11 is 0. The average molecular weight is 229 g/mol. The van der Waals surface area contributed by atoms with Gasteiger partial charge in [0.1, 0.15) is 6.54 Å². The van der Waals surface area contributed by atoms with Gasteiger partial charge in [0.05, 0.1) is 0 Å². The van der Waals surface area contributed by atoms with E-state index in [1.165, 1.54) is 4.57 Å². The molecule has 1 aliphatic carbocycles. The number of fused-ring (bicyclic) bond motifs is 1. The predicted molar refractivity (Wildman–Crippen MR) is 56.4 cm³/mol. The van der Waals surface area contributed by atoms with Gasteiger partial charge in [0.25, 0.3) is 0 Å². The van der Waals surface area contributed by atoms with E-state index < -0.39 is 12.7 Å². The molecule has 1 nitrogen and oxygen atoms in total. The number of alkyl halides is 3. The van der Waals surface area contributed by atoms with Crippen LogP contribution in [0.25, 0.3) is 0 Å². The molecule has 16 heavy (non-hydrogen) atoms. The molecule has 0 radical (unpaired) electrons. The molecule has 0 fully saturated rings. The smallest absolute Gasteiger partial charge is 0.342 e. The van der Waals surface area contributed by atoms with Crippen LogP contribution in [0.15, 0.2) is 24.9 Å². The molecule has 0 N–H and O–H groups in total. The summed E-state index contributed by atoms with van der Waals surface area (Å²) < 4.78 is 38.3. The second-order valence-electron chi connectivity index (χ2n) is 4.20. The number of halogens is 3. The lowest BCUT2D eigenvalue weighted by Gasteiger charge is -2.22. The molecule has 4 heteroatoms. The highest BCUT2D eigenvalue weighted by atomic mass is 19.4. The largest absolute Gasteiger partial charge is 0.406 e. The molecule has 88 valence electrons. The summed E-state index contributed by atoms with van der Waals surface area (Å²) in [5.41, 5.74) is 1.85. The molecule has 1 unspecified atom stereocenters. The van der Waals surface area contributed by atoms with E-state index >= 15 is 0 Å². The standard InChI is InChI=1S/C12H14F3N/c1-2-9-4-3-5-11-10(9)6-7-16(11)8-12(13,14)15/h2,6-7,9H,1,3-5,8H2. The van der Waals surface area contributed by atoms with Gasteiger partial charge in [0.15, 0.2) is 0 Å². The Morgan fingerprint density at radius 3 is 2.88 bits per heavy atom. The first kappa shape index (κ1) is 11.3. The summed E-state index contributed by atoms with van der Waals surface area (Å²) in [6, 6.07) is 1.80. The third kappa shape index (κ3) is 2.15. The molecule has 1 aliphatic rings. The van der Waals surface area contributed by atoms with Crippen LogP contribution < -0.4 is 0 Å². The van der Waals surface area contributed by atoms with E-state index in [1.54, 1.807) is 12.3 Å². The molecule has 2 rings (SSSR count). The van der Waals surface area contributed by atoms with Gasteiger partial charge in [-0.3, -0.25) is 0 Å². The molecule has 0 spiro atoms. The Morgan fingerprint density at radius 1 is 1.50 bits per heavy atom. The first-order chi connectivity index (χ1) is 7.51. The van der Waals surface area contributed by atoms with E-state index in [0.717, 1.165) is 30.5 Å². The van der Waals surface area contributed by atoms with E-state index in [-0.39, 0.29) is 5.92 Å². The van der Waals surface area contributed by atoms with Crippen LogP contribution in [0.2, 0.25) is 0 Å². The van der Waals surface area contributed by atoms with Crippen molar-refractivity contribution in [2.45, 2.75) is 37.9 Å². The van der Waals surface area contributed by atoms with Crippen molar-refractivity contribution < 1.29 is 13.2 Å². The molecule has 0 aromatic carbocycles. The molecule has 1 heterocycles. The van der Waals surface area contributed by atoms with Crippen molar-refractivity contribution in [1.82, 2.24) is 4.57 Å². The molecule has 0 aliphatic heterocycles. The summed E-state index contributed by atoms with van der Waals surface area (Å²) in [6.07, 6.45) is 1.89. The van der Waals surface area contributed by atoms with Gasteiger partial charge in [-0.15, -0.1) is 6.58 Å². The number of allylic oxidation sites excluding steroid dienone is 1. The predicted octanol–water partition coefficient (Wildman–Crippen LogP) is 3.66. The van der Waals surface area contributed by atoms with Gasteiger partial charge < -0.3 is 4.57 Å². The van der Waals surface area contributed by atoms with Crippen molar-refractivity contribution in [3.05, 3.63) is 36.2 Å². The number of rotatable bonds is 2. The maximum atomic E-state index is 12.3. The van der Waals surface area contributed by atoms with Crippen molar-refractivity contribution in [2.24, 2.45) is 0 Å². The van der Waals surface area contributed by atoms with Crippen LogP contribution in [0.4, 0.5) is 13.2 Å². The summed E-state index contributed by atoms with van der Waals surface area (Å²) in [5.74, 6) is 0.221. The second-order valence-corrected chi connectivity index (χ2v) is 4.20. The van der Waals surface area contributed by atoms with Crippen LogP contribution in [0.3, 0.4) is 0 Å². The third-order valence-electron chi connectivity index (χ3n) is 3.08. The Kier molecular flexibility index (Phi) is 2.82. The van der Waals surface area contributed by atoms with E-state index in [1.807, 2.05) is 6.08 Å². The molecule has 0 saturated carbocycles. The third-order valence-corrected chi connectivity index (χ3v) is 3.08. The second kappa shape index (κ2) is 4.00. The highest BCUT2D eigenvalue weighted by Gasteiger charge is 2.30. The van der Waals surface area contributed by atoms with E-state index in [4.69, 9.17) is 0 Å². The van der Waals surface area contributed by atoms with Crippen molar-refractivity contribution >= 4 is 0 Å². The normalized spacial score (nSPS) is 20.6. The molecule has 1 atom stereocenters. The zero-order valence-corrected chi connectivity index (χ0v) is 8.93. The Labute approximate surface area is 92.6 Å². The molecule has 0 saturated heterocycles. The first-order valence-electron chi connectivity index (χ1n) is 5.38. The summed E-state index contributed by atoms with van der Waals surface area (Å²) in [6.45, 7) is 2.85. The van der Waals surface area contributed by atoms with Crippen LogP contribution >= 0.6 is 0 Å². The van der Waals surface area contributed by atoms with Crippen molar-refractivity contribution in [1.29, 1.82) is 0 Å². The lowest BCUT2D eigenvalue weighted by Crippen LogP contribution is -2.20. The zero-order valence-electron chi connectivity index (χ0n) is 8.93. The van der Waals surface area contributed by atoms with Crippen molar-refractivity contribution in [2.75, 3.05) is 0 Å². The average Bonchev–Trinajstić information content (AvgIpc) is 2.59. The van der Waals surface area contributed by atoms with Crippen molar-refractivity contribution in [3.63, 3.8) is 0 Å². The first-order valence-corrected chi connectivity index (χ1v) is 5.38. The number of nitrogens with zero attached hydrogens (tertiary/aromatic N) is 1. The minimum atomic E-state index is -4.14. The maximum Gasteiger partial charge on any atom is 0.406 e. The van der Waals surface area contributed by atoms with Gasteiger partial charge in [-0.25, -0.2) is 0 Å². The van der Waals surface area contributed by atoms with Crippen molar-refractivity contribution in [3.8, 4) is 0 Å². The van der Waals surface area contributed by atoms with Gasteiger partial charge in [-0.05, 0) is 30.9 Å². The Balaban J connectivity index is 2.30. The molecule has 1 aromatic heterocycles. The van der Waals surface area contributed by atoms with E-state index in [9.17, 15) is 13.2 Å². The SMILES string of the molecule is C=CC1CCCc2c1ccn2CC(F)(F)F. The lowest BCUT2D eigenvalue weighted by molar-refractivity contribution is -0.141. The molecular formula is C12H14F3N. The quantitative estimate of drug-likeness (QED) is 0.682. The van der Waals surface area contributed by atoms with Gasteiger partial charge in [0, 0.05) is 17.8 Å². The Morgan fingerprint density at radius 2 is 2.25 bits per heavy atom. The molecule has 1 aromatic rings. The number of hydrogen-bond donors (Lipinski definition) is 0. The molecule has 0 bridgehead atoms. The fourth-order valence-electron chi connectivity index (χ4n) is 2.38. The fourth-order valence-corrected chi connectivity index (χ4v) is 2.38. The minimum absolute atomic E-state index is 0.221. The van der Waals surface area contributed by atoms with Crippen LogP contribution in [-0.2, 0) is 13.0 Å². The topological polar surface area (TPSA) is 4.93 Å². The lowest BCUT2D eigenvalue weighted by atomic mass is 9.87.